The van der Waals surface area contributed by atoms with Gasteiger partial charge in [-0.15, -0.1) is 0 Å². The Balaban J connectivity index is 1.62. The van der Waals surface area contributed by atoms with Gasteiger partial charge < -0.3 is 19.7 Å². The second kappa shape index (κ2) is 11.5. The first-order valence-electron chi connectivity index (χ1n) is 11.1. The predicted molar refractivity (Wildman–Crippen MR) is 119 cm³/mol. The van der Waals surface area contributed by atoms with E-state index in [9.17, 15) is 14.4 Å². The van der Waals surface area contributed by atoms with Crippen LogP contribution in [0.4, 0.5) is 0 Å². The molecule has 2 amide bonds. The van der Waals surface area contributed by atoms with Crippen molar-refractivity contribution in [2.45, 2.75) is 69.6 Å². The van der Waals surface area contributed by atoms with Crippen LogP contribution in [0.5, 0.6) is 0 Å². The second-order valence-electron chi connectivity index (χ2n) is 7.88. The van der Waals surface area contributed by atoms with E-state index >= 15 is 0 Å². The molecular weight excluding hydrogens is 416 g/mol. The Bertz CT molecular complexity index is 760. The van der Waals surface area contributed by atoms with Gasteiger partial charge in [0.15, 0.2) is 12.2 Å². The van der Waals surface area contributed by atoms with Crippen molar-refractivity contribution in [1.29, 1.82) is 0 Å². The number of nitrogens with one attached hydrogen (secondary N) is 1. The summed E-state index contributed by atoms with van der Waals surface area (Å²) >= 11 is 1.61. The Labute approximate surface area is 188 Å². The number of amides is 2. The standard InChI is InChI=1S/C23H32N2O5S/c1-3-17-12-8-9-13-25(17)22(27)18(15-31-14-16-10-6-5-7-11-16)24-21(26)19-20(30-19)23(28)29-4-2/h5-7,10-11,17-20H,3-4,8-9,12-15H2,1-2H3,(H,24,26)/t17?,18-,19-,20-/m0/s1. The van der Waals surface area contributed by atoms with Gasteiger partial charge in [0.1, 0.15) is 6.04 Å². The summed E-state index contributed by atoms with van der Waals surface area (Å²) in [4.78, 5) is 39.8. The molecule has 1 aromatic rings. The maximum absolute atomic E-state index is 13.4. The van der Waals surface area contributed by atoms with E-state index in [0.717, 1.165) is 38.0 Å². The van der Waals surface area contributed by atoms with Gasteiger partial charge in [0.05, 0.1) is 6.61 Å². The van der Waals surface area contributed by atoms with Crippen LogP contribution >= 0.6 is 11.8 Å². The van der Waals surface area contributed by atoms with E-state index in [0.29, 0.717) is 5.75 Å². The lowest BCUT2D eigenvalue weighted by Gasteiger charge is -2.37. The van der Waals surface area contributed by atoms with E-state index in [1.165, 1.54) is 5.56 Å². The fourth-order valence-corrected chi connectivity index (χ4v) is 4.94. The van der Waals surface area contributed by atoms with Crippen LogP contribution in [0.25, 0.3) is 0 Å². The van der Waals surface area contributed by atoms with Crippen molar-refractivity contribution < 1.29 is 23.9 Å². The molecule has 3 rings (SSSR count). The first-order valence-corrected chi connectivity index (χ1v) is 12.2. The lowest BCUT2D eigenvalue weighted by Crippen LogP contribution is -2.55. The molecule has 31 heavy (non-hydrogen) atoms. The molecule has 0 radical (unpaired) electrons. The van der Waals surface area contributed by atoms with Crippen LogP contribution < -0.4 is 5.32 Å². The highest BCUT2D eigenvalue weighted by atomic mass is 32.2. The zero-order chi connectivity index (χ0) is 22.2. The Kier molecular flexibility index (Phi) is 8.78. The molecule has 1 unspecified atom stereocenters. The van der Waals surface area contributed by atoms with Gasteiger partial charge in [-0.25, -0.2) is 4.79 Å². The minimum atomic E-state index is -0.878. The minimum Gasteiger partial charge on any atom is -0.464 e. The number of rotatable bonds is 10. The van der Waals surface area contributed by atoms with E-state index in [4.69, 9.17) is 9.47 Å². The Morgan fingerprint density at radius 1 is 1.19 bits per heavy atom. The second-order valence-corrected chi connectivity index (χ2v) is 8.91. The molecule has 4 atom stereocenters. The van der Waals surface area contributed by atoms with Crippen LogP contribution in [0, 0.1) is 0 Å². The average molecular weight is 449 g/mol. The third-order valence-electron chi connectivity index (χ3n) is 5.66. The molecule has 0 bridgehead atoms. The number of carbonyl (C=O) groups is 3. The highest BCUT2D eigenvalue weighted by Crippen LogP contribution is 2.25. The maximum Gasteiger partial charge on any atom is 0.338 e. The Hall–Kier alpha value is -2.06. The molecule has 0 aliphatic carbocycles. The number of carbonyl (C=O) groups excluding carboxylic acids is 3. The lowest BCUT2D eigenvalue weighted by atomic mass is 9.99. The Morgan fingerprint density at radius 2 is 1.97 bits per heavy atom. The zero-order valence-electron chi connectivity index (χ0n) is 18.2. The summed E-state index contributed by atoms with van der Waals surface area (Å²) in [6.45, 7) is 4.75. The number of piperidine rings is 1. The van der Waals surface area contributed by atoms with Gasteiger partial charge in [0.25, 0.3) is 5.91 Å². The van der Waals surface area contributed by atoms with Crippen LogP contribution in [0.3, 0.4) is 0 Å². The summed E-state index contributed by atoms with van der Waals surface area (Å²) in [5.74, 6) is 0.202. The highest BCUT2D eigenvalue weighted by Gasteiger charge is 2.52. The minimum absolute atomic E-state index is 0.0474. The summed E-state index contributed by atoms with van der Waals surface area (Å²) in [5.41, 5.74) is 1.17. The molecular formula is C23H32N2O5S. The molecule has 2 aliphatic heterocycles. The SMILES string of the molecule is CCOC(=O)[C@H]1O[C@@H]1C(=O)N[C@@H](CSCc1ccccc1)C(=O)N1CCCCC1CC. The molecule has 1 N–H and O–H groups in total. The largest absolute Gasteiger partial charge is 0.464 e. The highest BCUT2D eigenvalue weighted by molar-refractivity contribution is 7.98. The maximum atomic E-state index is 13.4. The van der Waals surface area contributed by atoms with Gasteiger partial charge in [-0.05, 0) is 38.2 Å². The van der Waals surface area contributed by atoms with Crippen molar-refractivity contribution in [3.63, 3.8) is 0 Å². The number of hydrogen-bond donors (Lipinski definition) is 1. The summed E-state index contributed by atoms with van der Waals surface area (Å²) in [5, 5.41) is 2.85. The van der Waals surface area contributed by atoms with Gasteiger partial charge in [-0.2, -0.15) is 11.8 Å². The molecule has 1 aromatic carbocycles. The molecule has 0 aromatic heterocycles. The number of likely N-dealkylation sites (tertiary alicyclic amines) is 1. The summed E-state index contributed by atoms with van der Waals surface area (Å²) in [6.07, 6.45) is 2.26. The van der Waals surface area contributed by atoms with Gasteiger partial charge in [-0.1, -0.05) is 37.3 Å². The smallest absolute Gasteiger partial charge is 0.338 e. The van der Waals surface area contributed by atoms with E-state index in [1.54, 1.807) is 18.7 Å². The number of thioether (sulfide) groups is 1. The number of esters is 1. The fourth-order valence-electron chi connectivity index (χ4n) is 3.93. The van der Waals surface area contributed by atoms with Gasteiger partial charge in [-0.3, -0.25) is 9.59 Å². The van der Waals surface area contributed by atoms with Gasteiger partial charge >= 0.3 is 5.97 Å². The van der Waals surface area contributed by atoms with Crippen LogP contribution in [-0.4, -0.2) is 65.9 Å². The normalized spacial score (nSPS) is 23.7. The first kappa shape index (κ1) is 23.6. The van der Waals surface area contributed by atoms with Crippen molar-refractivity contribution in [3.05, 3.63) is 35.9 Å². The summed E-state index contributed by atoms with van der Waals surface area (Å²) < 4.78 is 10.1. The molecule has 2 heterocycles. The molecule has 7 nitrogen and oxygen atoms in total. The number of hydrogen-bond acceptors (Lipinski definition) is 6. The third-order valence-corrected chi connectivity index (χ3v) is 6.77. The van der Waals surface area contributed by atoms with Crippen LogP contribution in [-0.2, 0) is 29.6 Å². The van der Waals surface area contributed by atoms with E-state index in [1.807, 2.05) is 35.2 Å². The van der Waals surface area contributed by atoms with E-state index in [2.05, 4.69) is 12.2 Å². The van der Waals surface area contributed by atoms with Crippen LogP contribution in [0.1, 0.15) is 45.1 Å². The third kappa shape index (κ3) is 6.46. The van der Waals surface area contributed by atoms with Crippen molar-refractivity contribution >= 4 is 29.5 Å². The van der Waals surface area contributed by atoms with E-state index < -0.39 is 30.1 Å². The van der Waals surface area contributed by atoms with Crippen molar-refractivity contribution in [2.24, 2.45) is 0 Å². The molecule has 2 aliphatic rings. The van der Waals surface area contributed by atoms with Crippen molar-refractivity contribution in [1.82, 2.24) is 10.2 Å². The van der Waals surface area contributed by atoms with Gasteiger partial charge in [0.2, 0.25) is 5.91 Å². The average Bonchev–Trinajstić information content (AvgIpc) is 3.60. The van der Waals surface area contributed by atoms with E-state index in [-0.39, 0.29) is 18.6 Å². The Morgan fingerprint density at radius 3 is 2.68 bits per heavy atom. The quantitative estimate of drug-likeness (QED) is 0.437. The lowest BCUT2D eigenvalue weighted by molar-refractivity contribution is -0.144. The van der Waals surface area contributed by atoms with Gasteiger partial charge in [0, 0.05) is 24.1 Å². The fraction of sp³-hybridized carbons (Fsp3) is 0.609. The number of ether oxygens (including phenoxy) is 2. The molecule has 8 heteroatoms. The predicted octanol–water partition coefficient (Wildman–Crippen LogP) is 2.53. The summed E-state index contributed by atoms with van der Waals surface area (Å²) in [6, 6.07) is 9.59. The van der Waals surface area contributed by atoms with Crippen molar-refractivity contribution in [3.8, 4) is 0 Å². The topological polar surface area (TPSA) is 88.2 Å². The molecule has 2 saturated heterocycles. The molecule has 0 spiro atoms. The zero-order valence-corrected chi connectivity index (χ0v) is 19.1. The number of benzene rings is 1. The summed E-state index contributed by atoms with van der Waals surface area (Å²) in [7, 11) is 0. The number of epoxide rings is 1. The molecule has 170 valence electrons. The van der Waals surface area contributed by atoms with Crippen molar-refractivity contribution in [2.75, 3.05) is 18.9 Å². The molecule has 2 fully saturated rings. The molecule has 0 saturated carbocycles. The van der Waals surface area contributed by atoms with Crippen LogP contribution in [0.2, 0.25) is 0 Å². The monoisotopic (exact) mass is 448 g/mol. The number of nitrogens with zero attached hydrogens (tertiary/aromatic N) is 1. The first-order chi connectivity index (χ1) is 15.0. The van der Waals surface area contributed by atoms with Crippen LogP contribution in [0.15, 0.2) is 30.3 Å².